The van der Waals surface area contributed by atoms with Gasteiger partial charge in [-0.05, 0) is 29.8 Å². The maximum atomic E-state index is 12.1. The smallest absolute Gasteiger partial charge is 0.244 e. The normalized spacial score (nSPS) is 14.1. The Hall–Kier alpha value is -3.06. The van der Waals surface area contributed by atoms with E-state index in [4.69, 9.17) is 14.2 Å². The quantitative estimate of drug-likeness (QED) is 0.586. The number of nitrogens with zero attached hydrogens (tertiary/aromatic N) is 2. The summed E-state index contributed by atoms with van der Waals surface area (Å²) < 4.78 is 16.0. The van der Waals surface area contributed by atoms with Crippen LogP contribution in [0.15, 0.2) is 47.6 Å². The molecule has 0 spiro atoms. The summed E-state index contributed by atoms with van der Waals surface area (Å²) in [6, 6.07) is 13.3. The number of carbonyl (C=O) groups is 1. The zero-order valence-corrected chi connectivity index (χ0v) is 16.2. The fraction of sp³-hybridized carbons (Fsp3) is 0.333. The van der Waals surface area contributed by atoms with Gasteiger partial charge in [0.2, 0.25) is 5.91 Å². The number of nitrogens with one attached hydrogen (secondary N) is 1. The Morgan fingerprint density at radius 3 is 2.75 bits per heavy atom. The molecule has 0 atom stereocenters. The van der Waals surface area contributed by atoms with Gasteiger partial charge in [-0.1, -0.05) is 12.1 Å². The van der Waals surface area contributed by atoms with Gasteiger partial charge in [-0.3, -0.25) is 4.79 Å². The number of hydrazone groups is 1. The van der Waals surface area contributed by atoms with Crippen LogP contribution in [0.3, 0.4) is 0 Å². The molecule has 0 aliphatic carbocycles. The number of carbonyl (C=O) groups excluding carboxylic acids is 1. The van der Waals surface area contributed by atoms with Crippen molar-refractivity contribution in [2.24, 2.45) is 5.10 Å². The van der Waals surface area contributed by atoms with Crippen molar-refractivity contribution < 1.29 is 19.0 Å². The molecule has 1 heterocycles. The minimum Gasteiger partial charge on any atom is -0.497 e. The predicted octanol–water partition coefficient (Wildman–Crippen LogP) is 2.23. The molecular weight excluding hydrogens is 358 g/mol. The summed E-state index contributed by atoms with van der Waals surface area (Å²) in [5.41, 5.74) is 5.29. The Labute approximate surface area is 164 Å². The molecule has 1 saturated heterocycles. The number of anilines is 1. The third-order valence-electron chi connectivity index (χ3n) is 4.49. The van der Waals surface area contributed by atoms with Crippen molar-refractivity contribution in [3.05, 3.63) is 53.6 Å². The average molecular weight is 383 g/mol. The second-order valence-electron chi connectivity index (χ2n) is 6.35. The van der Waals surface area contributed by atoms with Gasteiger partial charge in [0.05, 0.1) is 40.1 Å². The topological polar surface area (TPSA) is 72.4 Å². The first-order valence-corrected chi connectivity index (χ1v) is 9.15. The molecule has 3 rings (SSSR count). The van der Waals surface area contributed by atoms with E-state index in [1.807, 2.05) is 42.5 Å². The molecule has 2 aromatic carbocycles. The summed E-state index contributed by atoms with van der Waals surface area (Å²) in [7, 11) is 3.22. The number of hydrogen-bond acceptors (Lipinski definition) is 6. The third kappa shape index (κ3) is 5.23. The maximum absolute atomic E-state index is 12.1. The van der Waals surface area contributed by atoms with Gasteiger partial charge < -0.3 is 19.1 Å². The van der Waals surface area contributed by atoms with Crippen LogP contribution in [0.25, 0.3) is 0 Å². The average Bonchev–Trinajstić information content (AvgIpc) is 2.74. The van der Waals surface area contributed by atoms with Crippen molar-refractivity contribution in [3.8, 4) is 11.5 Å². The molecule has 1 aliphatic heterocycles. The second kappa shape index (κ2) is 9.75. The van der Waals surface area contributed by atoms with E-state index in [2.05, 4.69) is 15.4 Å². The fourth-order valence-corrected chi connectivity index (χ4v) is 3.01. The molecule has 0 aromatic heterocycles. The lowest BCUT2D eigenvalue weighted by Gasteiger charge is -2.29. The predicted molar refractivity (Wildman–Crippen MR) is 108 cm³/mol. The molecule has 1 aliphatic rings. The number of hydrogen-bond donors (Lipinski definition) is 1. The van der Waals surface area contributed by atoms with E-state index in [-0.39, 0.29) is 12.3 Å². The minimum atomic E-state index is -0.201. The maximum Gasteiger partial charge on any atom is 0.244 e. The van der Waals surface area contributed by atoms with E-state index in [9.17, 15) is 4.79 Å². The number of amides is 1. The molecule has 2 aromatic rings. The molecule has 28 heavy (non-hydrogen) atoms. The van der Waals surface area contributed by atoms with Crippen LogP contribution in [0.5, 0.6) is 11.5 Å². The van der Waals surface area contributed by atoms with Gasteiger partial charge in [-0.15, -0.1) is 0 Å². The van der Waals surface area contributed by atoms with Gasteiger partial charge in [0.15, 0.2) is 0 Å². The van der Waals surface area contributed by atoms with Gasteiger partial charge >= 0.3 is 0 Å². The minimum absolute atomic E-state index is 0.201. The SMILES string of the molecule is COc1cccc(CC(=O)N/N=C/c2ccc(N3CCOCC3)cc2OC)c1. The molecule has 7 nitrogen and oxygen atoms in total. The molecule has 1 amide bonds. The van der Waals surface area contributed by atoms with Crippen LogP contribution in [-0.2, 0) is 16.0 Å². The number of ether oxygens (including phenoxy) is 3. The summed E-state index contributed by atoms with van der Waals surface area (Å²) in [4.78, 5) is 14.4. The molecule has 7 heteroatoms. The summed E-state index contributed by atoms with van der Waals surface area (Å²) in [5, 5.41) is 4.06. The van der Waals surface area contributed by atoms with Crippen LogP contribution >= 0.6 is 0 Å². The summed E-state index contributed by atoms with van der Waals surface area (Å²) >= 11 is 0. The Kier molecular flexibility index (Phi) is 6.86. The van der Waals surface area contributed by atoms with E-state index >= 15 is 0 Å². The van der Waals surface area contributed by atoms with Crippen LogP contribution in [0.1, 0.15) is 11.1 Å². The Bertz CT molecular complexity index is 832. The van der Waals surface area contributed by atoms with Crippen molar-refractivity contribution in [2.75, 3.05) is 45.4 Å². The van der Waals surface area contributed by atoms with Gasteiger partial charge in [0.1, 0.15) is 11.5 Å². The highest BCUT2D eigenvalue weighted by molar-refractivity contribution is 5.86. The first-order valence-electron chi connectivity index (χ1n) is 9.15. The highest BCUT2D eigenvalue weighted by Crippen LogP contribution is 2.25. The molecular formula is C21H25N3O4. The van der Waals surface area contributed by atoms with Crippen LogP contribution in [0, 0.1) is 0 Å². The van der Waals surface area contributed by atoms with E-state index in [0.717, 1.165) is 48.9 Å². The highest BCUT2D eigenvalue weighted by atomic mass is 16.5. The van der Waals surface area contributed by atoms with Crippen molar-refractivity contribution >= 4 is 17.8 Å². The van der Waals surface area contributed by atoms with Gasteiger partial charge in [-0.2, -0.15) is 5.10 Å². The summed E-state index contributed by atoms with van der Waals surface area (Å²) in [6.45, 7) is 3.17. The number of rotatable bonds is 7. The molecule has 0 unspecified atom stereocenters. The first-order chi connectivity index (χ1) is 13.7. The molecule has 1 N–H and O–H groups in total. The van der Waals surface area contributed by atoms with E-state index in [1.54, 1.807) is 20.4 Å². The van der Waals surface area contributed by atoms with Crippen LogP contribution in [0.4, 0.5) is 5.69 Å². The van der Waals surface area contributed by atoms with Crippen LogP contribution in [-0.4, -0.2) is 52.6 Å². The monoisotopic (exact) mass is 383 g/mol. The van der Waals surface area contributed by atoms with E-state index < -0.39 is 0 Å². The van der Waals surface area contributed by atoms with Crippen molar-refractivity contribution in [2.45, 2.75) is 6.42 Å². The Morgan fingerprint density at radius 2 is 2.00 bits per heavy atom. The van der Waals surface area contributed by atoms with Crippen molar-refractivity contribution in [3.63, 3.8) is 0 Å². The lowest BCUT2D eigenvalue weighted by molar-refractivity contribution is -0.120. The zero-order chi connectivity index (χ0) is 19.8. The van der Waals surface area contributed by atoms with Crippen LogP contribution < -0.4 is 19.8 Å². The zero-order valence-electron chi connectivity index (χ0n) is 16.2. The first kappa shape index (κ1) is 19.7. The molecule has 0 radical (unpaired) electrons. The third-order valence-corrected chi connectivity index (χ3v) is 4.49. The van der Waals surface area contributed by atoms with Gasteiger partial charge in [0, 0.05) is 30.4 Å². The molecule has 1 fully saturated rings. The lowest BCUT2D eigenvalue weighted by atomic mass is 10.1. The fourth-order valence-electron chi connectivity index (χ4n) is 3.01. The molecule has 0 saturated carbocycles. The van der Waals surface area contributed by atoms with E-state index in [1.165, 1.54) is 0 Å². The van der Waals surface area contributed by atoms with Crippen molar-refractivity contribution in [1.82, 2.24) is 5.43 Å². The second-order valence-corrected chi connectivity index (χ2v) is 6.35. The Balaban J connectivity index is 1.60. The van der Waals surface area contributed by atoms with E-state index in [0.29, 0.717) is 5.75 Å². The Morgan fingerprint density at radius 1 is 1.18 bits per heavy atom. The number of benzene rings is 2. The molecule has 0 bridgehead atoms. The van der Waals surface area contributed by atoms with Crippen molar-refractivity contribution in [1.29, 1.82) is 0 Å². The number of morpholine rings is 1. The largest absolute Gasteiger partial charge is 0.497 e. The number of methoxy groups -OCH3 is 2. The lowest BCUT2D eigenvalue weighted by Crippen LogP contribution is -2.36. The summed E-state index contributed by atoms with van der Waals surface area (Å²) in [5.74, 6) is 1.22. The summed E-state index contributed by atoms with van der Waals surface area (Å²) in [6.07, 6.45) is 1.81. The van der Waals surface area contributed by atoms with Gasteiger partial charge in [0.25, 0.3) is 0 Å². The standard InChI is InChI=1S/C21H25N3O4/c1-26-19-5-3-4-16(12-19)13-21(25)23-22-15-17-6-7-18(14-20(17)27-2)24-8-10-28-11-9-24/h3-7,12,14-15H,8-11,13H2,1-2H3,(H,23,25)/b22-15+. The highest BCUT2D eigenvalue weighted by Gasteiger charge is 2.13. The van der Waals surface area contributed by atoms with Gasteiger partial charge in [-0.25, -0.2) is 5.43 Å². The van der Waals surface area contributed by atoms with Crippen LogP contribution in [0.2, 0.25) is 0 Å². The molecule has 148 valence electrons.